The van der Waals surface area contributed by atoms with Gasteiger partial charge in [-0.25, -0.2) is 4.79 Å². The minimum atomic E-state index is -0.351. The Hall–Kier alpha value is -1.77. The van der Waals surface area contributed by atoms with E-state index in [1.165, 1.54) is 13.2 Å². The van der Waals surface area contributed by atoms with Crippen LogP contribution in [0.5, 0.6) is 0 Å². The second kappa shape index (κ2) is 5.07. The van der Waals surface area contributed by atoms with Gasteiger partial charge < -0.3 is 10.5 Å². The number of hydrogen-bond donors (Lipinski definition) is 1. The number of rotatable bonds is 2. The van der Waals surface area contributed by atoms with Gasteiger partial charge in [0.25, 0.3) is 0 Å². The maximum atomic E-state index is 10.8. The number of ether oxygens (including phenoxy) is 1. The van der Waals surface area contributed by atoms with Gasteiger partial charge in [-0.2, -0.15) is 0 Å². The van der Waals surface area contributed by atoms with Crippen molar-refractivity contribution in [1.29, 1.82) is 0 Å². The Morgan fingerprint density at radius 3 is 3.07 bits per heavy atom. The summed E-state index contributed by atoms with van der Waals surface area (Å²) in [6.45, 7) is 0. The molecule has 0 unspecified atom stereocenters. The van der Waals surface area contributed by atoms with Crippen molar-refractivity contribution in [3.8, 4) is 0 Å². The molecule has 0 heterocycles. The Morgan fingerprint density at radius 2 is 2.36 bits per heavy atom. The fraction of sp³-hybridized carbons (Fsp3) is 0.182. The third kappa shape index (κ3) is 3.31. The van der Waals surface area contributed by atoms with Crippen LogP contribution in [0, 0.1) is 0 Å². The lowest BCUT2D eigenvalue weighted by Gasteiger charge is -1.94. The fourth-order valence-corrected chi connectivity index (χ4v) is 1.02. The average molecular weight is 191 g/mol. The Labute approximate surface area is 83.2 Å². The summed E-state index contributed by atoms with van der Waals surface area (Å²) in [6.07, 6.45) is 11.4. The van der Waals surface area contributed by atoms with E-state index in [1.807, 2.05) is 18.2 Å². The Kier molecular flexibility index (Phi) is 3.73. The van der Waals surface area contributed by atoms with Crippen LogP contribution in [0.4, 0.5) is 0 Å². The van der Waals surface area contributed by atoms with Gasteiger partial charge >= 0.3 is 5.97 Å². The lowest BCUT2D eigenvalue weighted by atomic mass is 10.1. The smallest absolute Gasteiger partial charge is 0.330 e. The van der Waals surface area contributed by atoms with Gasteiger partial charge in [0.1, 0.15) is 0 Å². The van der Waals surface area contributed by atoms with Gasteiger partial charge in [0, 0.05) is 11.8 Å². The van der Waals surface area contributed by atoms with E-state index in [0.29, 0.717) is 5.70 Å². The van der Waals surface area contributed by atoms with Gasteiger partial charge in [-0.3, -0.25) is 0 Å². The van der Waals surface area contributed by atoms with Crippen LogP contribution >= 0.6 is 0 Å². The highest BCUT2D eigenvalue weighted by Gasteiger charge is 1.95. The minimum absolute atomic E-state index is 0.351. The number of carbonyl (C=O) groups excluding carboxylic acids is 1. The molecule has 0 atom stereocenters. The lowest BCUT2D eigenvalue weighted by molar-refractivity contribution is -0.134. The first-order valence-electron chi connectivity index (χ1n) is 4.31. The Morgan fingerprint density at radius 1 is 1.57 bits per heavy atom. The first kappa shape index (κ1) is 10.3. The highest BCUT2D eigenvalue weighted by Crippen LogP contribution is 2.10. The normalized spacial score (nSPS) is 16.1. The lowest BCUT2D eigenvalue weighted by Crippen LogP contribution is -1.93. The van der Waals surface area contributed by atoms with Crippen LogP contribution < -0.4 is 5.73 Å². The third-order valence-corrected chi connectivity index (χ3v) is 1.79. The van der Waals surface area contributed by atoms with Gasteiger partial charge in [-0.1, -0.05) is 18.2 Å². The van der Waals surface area contributed by atoms with Crippen LogP contribution in [0.2, 0.25) is 0 Å². The number of nitrogens with two attached hydrogens (primary N) is 1. The van der Waals surface area contributed by atoms with E-state index >= 15 is 0 Å². The van der Waals surface area contributed by atoms with Gasteiger partial charge in [-0.05, 0) is 24.1 Å². The molecule has 1 rings (SSSR count). The number of methoxy groups -OCH3 is 1. The maximum absolute atomic E-state index is 10.8. The third-order valence-electron chi connectivity index (χ3n) is 1.79. The second-order valence-corrected chi connectivity index (χ2v) is 2.87. The standard InChI is InChI=1S/C11H13NO2/c1-14-11(13)8-6-9-3-2-4-10(12)7-5-9/h2,4-8H,3,12H2,1H3/b8-6+. The molecule has 0 saturated carbocycles. The topological polar surface area (TPSA) is 52.3 Å². The molecular formula is C11H13NO2. The van der Waals surface area contributed by atoms with Crippen LogP contribution in [0.1, 0.15) is 6.42 Å². The van der Waals surface area contributed by atoms with Crippen molar-refractivity contribution in [1.82, 2.24) is 0 Å². The second-order valence-electron chi connectivity index (χ2n) is 2.87. The van der Waals surface area contributed by atoms with Crippen LogP contribution in [0.3, 0.4) is 0 Å². The summed E-state index contributed by atoms with van der Waals surface area (Å²) in [6, 6.07) is 0. The van der Waals surface area contributed by atoms with Gasteiger partial charge in [0.05, 0.1) is 7.11 Å². The molecule has 0 aromatic carbocycles. The molecule has 0 bridgehead atoms. The predicted octanol–water partition coefficient (Wildman–Crippen LogP) is 1.44. The van der Waals surface area contributed by atoms with Crippen molar-refractivity contribution in [2.75, 3.05) is 7.11 Å². The van der Waals surface area contributed by atoms with E-state index in [9.17, 15) is 4.79 Å². The van der Waals surface area contributed by atoms with E-state index in [0.717, 1.165) is 12.0 Å². The van der Waals surface area contributed by atoms with Crippen molar-refractivity contribution in [3.63, 3.8) is 0 Å². The van der Waals surface area contributed by atoms with Crippen molar-refractivity contribution in [2.45, 2.75) is 6.42 Å². The molecule has 1 aliphatic rings. The van der Waals surface area contributed by atoms with Gasteiger partial charge in [0.15, 0.2) is 0 Å². The van der Waals surface area contributed by atoms with Crippen LogP contribution in [-0.2, 0) is 9.53 Å². The Bertz CT molecular complexity index is 335. The SMILES string of the molecule is COC(=O)/C=C/C1=CC=C(N)C=CC1. The molecule has 0 aromatic heterocycles. The maximum Gasteiger partial charge on any atom is 0.330 e. The molecule has 0 aromatic rings. The largest absolute Gasteiger partial charge is 0.466 e. The quantitative estimate of drug-likeness (QED) is 0.531. The number of allylic oxidation sites excluding steroid dienone is 6. The summed E-state index contributed by atoms with van der Waals surface area (Å²) in [5.74, 6) is -0.351. The van der Waals surface area contributed by atoms with Crippen molar-refractivity contribution >= 4 is 5.97 Å². The summed E-state index contributed by atoms with van der Waals surface area (Å²) in [5, 5.41) is 0. The molecule has 3 heteroatoms. The van der Waals surface area contributed by atoms with Crippen LogP contribution in [0.25, 0.3) is 0 Å². The van der Waals surface area contributed by atoms with Crippen molar-refractivity contribution in [3.05, 3.63) is 47.7 Å². The average Bonchev–Trinajstić information content (AvgIpc) is 2.39. The monoisotopic (exact) mass is 191 g/mol. The molecule has 0 fully saturated rings. The summed E-state index contributed by atoms with van der Waals surface area (Å²) in [5.41, 5.74) is 7.33. The van der Waals surface area contributed by atoms with Crippen molar-refractivity contribution < 1.29 is 9.53 Å². The first-order valence-corrected chi connectivity index (χ1v) is 4.31. The van der Waals surface area contributed by atoms with Crippen molar-refractivity contribution in [2.24, 2.45) is 5.73 Å². The van der Waals surface area contributed by atoms with E-state index in [2.05, 4.69) is 4.74 Å². The van der Waals surface area contributed by atoms with E-state index in [-0.39, 0.29) is 5.97 Å². The molecule has 0 amide bonds. The van der Waals surface area contributed by atoms with E-state index in [1.54, 1.807) is 12.2 Å². The zero-order chi connectivity index (χ0) is 10.4. The highest BCUT2D eigenvalue weighted by molar-refractivity contribution is 5.82. The molecule has 0 spiro atoms. The number of hydrogen-bond acceptors (Lipinski definition) is 3. The predicted molar refractivity (Wildman–Crippen MR) is 55.3 cm³/mol. The number of carbonyl (C=O) groups is 1. The zero-order valence-electron chi connectivity index (χ0n) is 8.07. The van der Waals surface area contributed by atoms with Gasteiger partial charge in [0.2, 0.25) is 0 Å². The van der Waals surface area contributed by atoms with Gasteiger partial charge in [-0.15, -0.1) is 0 Å². The molecule has 74 valence electrons. The highest BCUT2D eigenvalue weighted by atomic mass is 16.5. The molecule has 14 heavy (non-hydrogen) atoms. The molecule has 0 aliphatic heterocycles. The molecule has 1 aliphatic carbocycles. The minimum Gasteiger partial charge on any atom is -0.466 e. The number of esters is 1. The molecule has 0 saturated heterocycles. The Balaban J connectivity index is 2.67. The summed E-state index contributed by atoms with van der Waals surface area (Å²) in [4.78, 5) is 10.8. The van der Waals surface area contributed by atoms with E-state index < -0.39 is 0 Å². The summed E-state index contributed by atoms with van der Waals surface area (Å²) < 4.78 is 4.48. The molecule has 0 radical (unpaired) electrons. The summed E-state index contributed by atoms with van der Waals surface area (Å²) in [7, 11) is 1.35. The summed E-state index contributed by atoms with van der Waals surface area (Å²) >= 11 is 0. The van der Waals surface area contributed by atoms with Crippen LogP contribution in [0.15, 0.2) is 47.7 Å². The molecular weight excluding hydrogens is 178 g/mol. The molecule has 3 nitrogen and oxygen atoms in total. The first-order chi connectivity index (χ1) is 6.72. The zero-order valence-corrected chi connectivity index (χ0v) is 8.07. The van der Waals surface area contributed by atoms with E-state index in [4.69, 9.17) is 5.73 Å². The van der Waals surface area contributed by atoms with Crippen LogP contribution in [-0.4, -0.2) is 13.1 Å². The fourth-order valence-electron chi connectivity index (χ4n) is 1.02. The molecule has 2 N–H and O–H groups in total.